The van der Waals surface area contributed by atoms with E-state index in [2.05, 4.69) is 5.32 Å². The second kappa shape index (κ2) is 6.98. The maximum absolute atomic E-state index is 12.3. The summed E-state index contributed by atoms with van der Waals surface area (Å²) >= 11 is 6.05. The lowest BCUT2D eigenvalue weighted by molar-refractivity contribution is -0.120. The van der Waals surface area contributed by atoms with E-state index in [9.17, 15) is 13.2 Å². The van der Waals surface area contributed by atoms with E-state index in [1.807, 2.05) is 13.0 Å². The fourth-order valence-corrected chi connectivity index (χ4v) is 3.87. The molecule has 0 unspecified atom stereocenters. The van der Waals surface area contributed by atoms with Crippen LogP contribution in [-0.4, -0.2) is 37.5 Å². The highest BCUT2D eigenvalue weighted by Crippen LogP contribution is 2.23. The summed E-state index contributed by atoms with van der Waals surface area (Å²) in [6.45, 7) is 4.26. The van der Waals surface area contributed by atoms with Crippen LogP contribution in [0.25, 0.3) is 0 Å². The monoisotopic (exact) mass is 344 g/mol. The van der Waals surface area contributed by atoms with Gasteiger partial charge >= 0.3 is 0 Å². The van der Waals surface area contributed by atoms with E-state index in [4.69, 9.17) is 11.6 Å². The van der Waals surface area contributed by atoms with Crippen molar-refractivity contribution in [2.45, 2.75) is 26.7 Å². The van der Waals surface area contributed by atoms with Gasteiger partial charge in [0, 0.05) is 23.8 Å². The fourth-order valence-electron chi connectivity index (χ4n) is 2.51. The largest absolute Gasteiger partial charge is 0.326 e. The van der Waals surface area contributed by atoms with Gasteiger partial charge in [-0.1, -0.05) is 17.7 Å². The van der Waals surface area contributed by atoms with Crippen molar-refractivity contribution in [1.82, 2.24) is 4.31 Å². The summed E-state index contributed by atoms with van der Waals surface area (Å²) in [6, 6.07) is 5.34. The molecule has 0 aliphatic carbocycles. The topological polar surface area (TPSA) is 66.5 Å². The Morgan fingerprint density at radius 3 is 2.82 bits per heavy atom. The van der Waals surface area contributed by atoms with Crippen molar-refractivity contribution in [2.75, 3.05) is 24.2 Å². The zero-order valence-corrected chi connectivity index (χ0v) is 14.4. The number of nitrogens with zero attached hydrogens (tertiary/aromatic N) is 1. The van der Waals surface area contributed by atoms with Crippen molar-refractivity contribution in [3.63, 3.8) is 0 Å². The second-order valence-corrected chi connectivity index (χ2v) is 8.22. The first kappa shape index (κ1) is 17.2. The van der Waals surface area contributed by atoms with Crippen LogP contribution in [0.3, 0.4) is 0 Å². The van der Waals surface area contributed by atoms with E-state index in [-0.39, 0.29) is 24.1 Å². The summed E-state index contributed by atoms with van der Waals surface area (Å²) < 4.78 is 25.3. The first-order valence-electron chi connectivity index (χ1n) is 7.38. The zero-order chi connectivity index (χ0) is 16.3. The van der Waals surface area contributed by atoms with Gasteiger partial charge in [0.05, 0.1) is 11.7 Å². The fraction of sp³-hybridized carbons (Fsp3) is 0.533. The number of hydrogen-bond acceptors (Lipinski definition) is 3. The number of carbonyl (C=O) groups is 1. The van der Waals surface area contributed by atoms with Gasteiger partial charge < -0.3 is 5.32 Å². The number of hydrogen-bond donors (Lipinski definition) is 1. The summed E-state index contributed by atoms with van der Waals surface area (Å²) in [5.41, 5.74) is 1.58. The van der Waals surface area contributed by atoms with E-state index in [1.165, 1.54) is 4.31 Å². The Hall–Kier alpha value is -1.11. The molecule has 0 aromatic heterocycles. The molecule has 0 bridgehead atoms. The van der Waals surface area contributed by atoms with Crippen LogP contribution >= 0.6 is 11.6 Å². The average Bonchev–Trinajstić information content (AvgIpc) is 2.51. The van der Waals surface area contributed by atoms with Gasteiger partial charge in [0.15, 0.2) is 0 Å². The number of halogens is 1. The molecule has 1 fully saturated rings. The van der Waals surface area contributed by atoms with Crippen molar-refractivity contribution in [3.8, 4) is 0 Å². The summed E-state index contributed by atoms with van der Waals surface area (Å²) in [5, 5.41) is 3.42. The van der Waals surface area contributed by atoms with Crippen molar-refractivity contribution >= 4 is 33.2 Å². The molecule has 2 rings (SSSR count). The van der Waals surface area contributed by atoms with Crippen LogP contribution in [-0.2, 0) is 14.8 Å². The first-order chi connectivity index (χ1) is 10.3. The highest BCUT2D eigenvalue weighted by atomic mass is 35.5. The Labute approximate surface area is 136 Å². The third kappa shape index (κ3) is 4.00. The van der Waals surface area contributed by atoms with Gasteiger partial charge in [-0.3, -0.25) is 4.79 Å². The molecule has 5 nitrogen and oxygen atoms in total. The van der Waals surface area contributed by atoms with Gasteiger partial charge in [-0.25, -0.2) is 12.7 Å². The Kier molecular flexibility index (Phi) is 5.47. The van der Waals surface area contributed by atoms with Gasteiger partial charge in [0.25, 0.3) is 0 Å². The SMILES string of the molecule is CCS(=O)(=O)N1CCC[C@@H](C(=O)Nc2ccc(C)c(Cl)c2)C1. The van der Waals surface area contributed by atoms with Gasteiger partial charge in [-0.15, -0.1) is 0 Å². The number of anilines is 1. The molecule has 1 atom stereocenters. The van der Waals surface area contributed by atoms with Crippen LogP contribution in [0.2, 0.25) is 5.02 Å². The lowest BCUT2D eigenvalue weighted by Gasteiger charge is -2.30. The summed E-state index contributed by atoms with van der Waals surface area (Å²) in [5.74, 6) is -0.416. The number of amides is 1. The molecule has 7 heteroatoms. The van der Waals surface area contributed by atoms with Crippen molar-refractivity contribution in [3.05, 3.63) is 28.8 Å². The minimum Gasteiger partial charge on any atom is -0.326 e. The third-order valence-corrected chi connectivity index (χ3v) is 6.21. The normalized spacial score (nSPS) is 19.9. The van der Waals surface area contributed by atoms with Crippen LogP contribution in [0.4, 0.5) is 5.69 Å². The van der Waals surface area contributed by atoms with E-state index >= 15 is 0 Å². The van der Waals surface area contributed by atoms with Crippen LogP contribution in [0.5, 0.6) is 0 Å². The van der Waals surface area contributed by atoms with E-state index in [0.717, 1.165) is 5.56 Å². The highest BCUT2D eigenvalue weighted by Gasteiger charge is 2.31. The Bertz CT molecular complexity index is 661. The number of sulfonamides is 1. The summed E-state index contributed by atoms with van der Waals surface area (Å²) in [6.07, 6.45) is 1.40. The lowest BCUT2D eigenvalue weighted by Crippen LogP contribution is -2.44. The standard InChI is InChI=1S/C15H21ClN2O3S/c1-3-22(20,21)18-8-4-5-12(10-18)15(19)17-13-7-6-11(2)14(16)9-13/h6-7,9,12H,3-5,8,10H2,1-2H3,(H,17,19)/t12-/m1/s1. The van der Waals surface area contributed by atoms with Gasteiger partial charge in [-0.05, 0) is 44.4 Å². The number of benzene rings is 1. The molecular weight excluding hydrogens is 324 g/mol. The number of carbonyl (C=O) groups excluding carboxylic acids is 1. The Morgan fingerprint density at radius 1 is 1.45 bits per heavy atom. The number of rotatable bonds is 4. The third-order valence-electron chi connectivity index (χ3n) is 3.95. The van der Waals surface area contributed by atoms with Crippen molar-refractivity contribution in [1.29, 1.82) is 0 Å². The maximum Gasteiger partial charge on any atom is 0.228 e. The van der Waals surface area contributed by atoms with Crippen molar-refractivity contribution < 1.29 is 13.2 Å². The predicted molar refractivity (Wildman–Crippen MR) is 88.6 cm³/mol. The minimum absolute atomic E-state index is 0.0644. The molecule has 1 aliphatic heterocycles. The minimum atomic E-state index is -3.24. The molecule has 1 heterocycles. The molecule has 22 heavy (non-hydrogen) atoms. The molecule has 0 spiro atoms. The van der Waals surface area contributed by atoms with Crippen LogP contribution in [0, 0.1) is 12.8 Å². The second-order valence-electron chi connectivity index (χ2n) is 5.55. The quantitative estimate of drug-likeness (QED) is 0.913. The predicted octanol–water partition coefficient (Wildman–Crippen LogP) is 2.65. The summed E-state index contributed by atoms with van der Waals surface area (Å²) in [7, 11) is -3.24. The van der Waals surface area contributed by atoms with Crippen molar-refractivity contribution in [2.24, 2.45) is 5.92 Å². The lowest BCUT2D eigenvalue weighted by atomic mass is 9.98. The van der Waals surface area contributed by atoms with Gasteiger partial charge in [-0.2, -0.15) is 0 Å². The average molecular weight is 345 g/mol. The Balaban J connectivity index is 2.04. The molecule has 1 aromatic carbocycles. The van der Waals surface area contributed by atoms with E-state index in [0.29, 0.717) is 30.1 Å². The van der Waals surface area contributed by atoms with Crippen LogP contribution < -0.4 is 5.32 Å². The Morgan fingerprint density at radius 2 is 2.18 bits per heavy atom. The number of aryl methyl sites for hydroxylation is 1. The molecule has 1 N–H and O–H groups in total. The maximum atomic E-state index is 12.3. The molecule has 1 saturated heterocycles. The number of nitrogens with one attached hydrogen (secondary N) is 1. The van der Waals surface area contributed by atoms with E-state index < -0.39 is 10.0 Å². The highest BCUT2D eigenvalue weighted by molar-refractivity contribution is 7.89. The van der Waals surface area contributed by atoms with Gasteiger partial charge in [0.1, 0.15) is 0 Å². The molecule has 1 aromatic rings. The van der Waals surface area contributed by atoms with E-state index in [1.54, 1.807) is 19.1 Å². The van der Waals surface area contributed by atoms with Gasteiger partial charge in [0.2, 0.25) is 15.9 Å². The first-order valence-corrected chi connectivity index (χ1v) is 9.37. The molecular formula is C15H21ClN2O3S. The zero-order valence-electron chi connectivity index (χ0n) is 12.8. The summed E-state index contributed by atoms with van der Waals surface area (Å²) in [4.78, 5) is 12.3. The molecule has 0 radical (unpaired) electrons. The smallest absolute Gasteiger partial charge is 0.228 e. The molecule has 1 aliphatic rings. The van der Waals surface area contributed by atoms with Crippen LogP contribution in [0.15, 0.2) is 18.2 Å². The molecule has 1 amide bonds. The van der Waals surface area contributed by atoms with Crippen LogP contribution in [0.1, 0.15) is 25.3 Å². The molecule has 122 valence electrons. The molecule has 0 saturated carbocycles. The number of piperidine rings is 1.